The van der Waals surface area contributed by atoms with Crippen molar-refractivity contribution in [2.24, 2.45) is 5.92 Å². The zero-order chi connectivity index (χ0) is 26.5. The molecule has 0 spiro atoms. The Labute approximate surface area is 215 Å². The summed E-state index contributed by atoms with van der Waals surface area (Å²) in [6, 6.07) is 10.1. The van der Waals surface area contributed by atoms with E-state index < -0.39 is 17.2 Å². The van der Waals surface area contributed by atoms with Gasteiger partial charge in [0.1, 0.15) is 6.04 Å². The highest BCUT2D eigenvalue weighted by molar-refractivity contribution is 8.18. The maximum absolute atomic E-state index is 12.8. The Bertz CT molecular complexity index is 1150. The number of thioether (sulfide) groups is 1. The molecule has 36 heavy (non-hydrogen) atoms. The fourth-order valence-electron chi connectivity index (χ4n) is 3.59. The van der Waals surface area contributed by atoms with Crippen LogP contribution in [0.4, 0.5) is 4.79 Å². The number of benzene rings is 1. The summed E-state index contributed by atoms with van der Waals surface area (Å²) in [4.78, 5) is 56.0. The van der Waals surface area contributed by atoms with E-state index in [0.717, 1.165) is 27.8 Å². The lowest BCUT2D eigenvalue weighted by Gasteiger charge is -2.23. The molecule has 1 saturated heterocycles. The van der Waals surface area contributed by atoms with Gasteiger partial charge in [-0.15, -0.1) is 0 Å². The highest BCUT2D eigenvalue weighted by Gasteiger charge is 2.35. The van der Waals surface area contributed by atoms with Crippen LogP contribution in [0.1, 0.15) is 56.1 Å². The predicted octanol–water partition coefficient (Wildman–Crippen LogP) is 3.99. The fourth-order valence-corrected chi connectivity index (χ4v) is 4.45. The minimum absolute atomic E-state index is 0.0265. The zero-order valence-corrected chi connectivity index (χ0v) is 22.0. The van der Waals surface area contributed by atoms with E-state index in [0.29, 0.717) is 10.5 Å². The SMILES string of the molecule is CC(C)C(NC(=O)c1ccc(C(C)(C)C)cc1)C(=O)NCCN1C(=O)SC(=Cc2cccnc2)C1=O. The van der Waals surface area contributed by atoms with Crippen LogP contribution in [0.3, 0.4) is 0 Å². The second-order valence-corrected chi connectivity index (χ2v) is 10.9. The van der Waals surface area contributed by atoms with E-state index in [1.807, 2.05) is 26.0 Å². The first-order valence-electron chi connectivity index (χ1n) is 11.8. The van der Waals surface area contributed by atoms with E-state index in [1.54, 1.807) is 42.7 Å². The molecule has 1 unspecified atom stereocenters. The number of pyridine rings is 1. The van der Waals surface area contributed by atoms with E-state index in [2.05, 4.69) is 36.4 Å². The van der Waals surface area contributed by atoms with Gasteiger partial charge in [-0.2, -0.15) is 0 Å². The van der Waals surface area contributed by atoms with Gasteiger partial charge in [0.05, 0.1) is 4.91 Å². The summed E-state index contributed by atoms with van der Waals surface area (Å²) in [6.07, 6.45) is 4.85. The molecule has 2 N–H and O–H groups in total. The summed E-state index contributed by atoms with van der Waals surface area (Å²) < 4.78 is 0. The second kappa shape index (κ2) is 11.5. The van der Waals surface area contributed by atoms with Crippen molar-refractivity contribution in [1.82, 2.24) is 20.5 Å². The van der Waals surface area contributed by atoms with E-state index in [-0.39, 0.29) is 36.2 Å². The number of imide groups is 1. The maximum atomic E-state index is 12.8. The van der Waals surface area contributed by atoms with Gasteiger partial charge >= 0.3 is 0 Å². The van der Waals surface area contributed by atoms with Crippen molar-refractivity contribution in [1.29, 1.82) is 0 Å². The molecule has 8 nitrogen and oxygen atoms in total. The Balaban J connectivity index is 1.56. The molecule has 3 rings (SSSR count). The Morgan fingerprint density at radius 1 is 1.11 bits per heavy atom. The summed E-state index contributed by atoms with van der Waals surface area (Å²) in [5.74, 6) is -1.28. The van der Waals surface area contributed by atoms with Gasteiger partial charge in [-0.05, 0) is 58.5 Å². The van der Waals surface area contributed by atoms with Gasteiger partial charge in [-0.3, -0.25) is 29.1 Å². The smallest absolute Gasteiger partial charge is 0.293 e. The lowest BCUT2D eigenvalue weighted by atomic mass is 9.86. The Morgan fingerprint density at radius 3 is 2.39 bits per heavy atom. The largest absolute Gasteiger partial charge is 0.353 e. The molecule has 0 saturated carbocycles. The lowest BCUT2D eigenvalue weighted by molar-refractivity contribution is -0.125. The molecule has 0 aliphatic carbocycles. The summed E-state index contributed by atoms with van der Waals surface area (Å²) >= 11 is 0.856. The van der Waals surface area contributed by atoms with Crippen LogP contribution in [0.2, 0.25) is 0 Å². The molecule has 1 aromatic carbocycles. The predicted molar refractivity (Wildman–Crippen MR) is 141 cm³/mol. The Hall–Kier alpha value is -3.46. The molecule has 2 heterocycles. The molecule has 2 aromatic rings. The Morgan fingerprint density at radius 2 is 1.81 bits per heavy atom. The van der Waals surface area contributed by atoms with Crippen molar-refractivity contribution in [3.63, 3.8) is 0 Å². The van der Waals surface area contributed by atoms with Crippen LogP contribution >= 0.6 is 11.8 Å². The first-order chi connectivity index (χ1) is 17.0. The van der Waals surface area contributed by atoms with Gasteiger partial charge < -0.3 is 10.6 Å². The third-order valence-corrected chi connectivity index (χ3v) is 6.65. The summed E-state index contributed by atoms with van der Waals surface area (Å²) in [6.45, 7) is 10.1. The first kappa shape index (κ1) is 27.1. The number of amides is 4. The van der Waals surface area contributed by atoms with E-state index in [9.17, 15) is 19.2 Å². The monoisotopic (exact) mass is 508 g/mol. The standard InChI is InChI=1S/C27H32N4O4S/c1-17(2)22(30-23(32)19-8-10-20(11-9-19)27(3,4)5)24(33)29-13-14-31-25(34)21(36-26(31)35)15-18-7-6-12-28-16-18/h6-12,15-17,22H,13-14H2,1-5H3,(H,29,33)(H,30,32). The summed E-state index contributed by atoms with van der Waals surface area (Å²) in [7, 11) is 0. The number of carbonyl (C=O) groups is 4. The van der Waals surface area contributed by atoms with Gasteiger partial charge in [0.25, 0.3) is 17.1 Å². The number of hydrogen-bond acceptors (Lipinski definition) is 6. The first-order valence-corrected chi connectivity index (χ1v) is 12.6. The third-order valence-electron chi connectivity index (χ3n) is 5.74. The average molecular weight is 509 g/mol. The van der Waals surface area contributed by atoms with Crippen LogP contribution < -0.4 is 10.6 Å². The number of aromatic nitrogens is 1. The van der Waals surface area contributed by atoms with Crippen molar-refractivity contribution in [3.8, 4) is 0 Å². The van der Waals surface area contributed by atoms with E-state index in [4.69, 9.17) is 0 Å². The van der Waals surface area contributed by atoms with E-state index >= 15 is 0 Å². The molecule has 1 atom stereocenters. The minimum atomic E-state index is -0.764. The number of nitrogens with one attached hydrogen (secondary N) is 2. The third kappa shape index (κ3) is 6.81. The minimum Gasteiger partial charge on any atom is -0.353 e. The number of nitrogens with zero attached hydrogens (tertiary/aromatic N) is 2. The van der Waals surface area contributed by atoms with Crippen molar-refractivity contribution >= 4 is 40.8 Å². The van der Waals surface area contributed by atoms with Gasteiger partial charge in [-0.1, -0.05) is 52.8 Å². The van der Waals surface area contributed by atoms with Crippen LogP contribution in [0.5, 0.6) is 0 Å². The molecular weight excluding hydrogens is 476 g/mol. The Kier molecular flexibility index (Phi) is 8.68. The molecule has 0 bridgehead atoms. The van der Waals surface area contributed by atoms with Gasteiger partial charge in [-0.25, -0.2) is 0 Å². The molecule has 1 aliphatic rings. The molecule has 9 heteroatoms. The van der Waals surface area contributed by atoms with Gasteiger partial charge in [0, 0.05) is 31.0 Å². The number of carbonyl (C=O) groups excluding carboxylic acids is 4. The van der Waals surface area contributed by atoms with Crippen LogP contribution in [0.25, 0.3) is 6.08 Å². The maximum Gasteiger partial charge on any atom is 0.293 e. The molecule has 1 fully saturated rings. The molecular formula is C27H32N4O4S. The van der Waals surface area contributed by atoms with Crippen molar-refractivity contribution in [2.75, 3.05) is 13.1 Å². The molecule has 190 valence electrons. The zero-order valence-electron chi connectivity index (χ0n) is 21.2. The van der Waals surface area contributed by atoms with Crippen LogP contribution in [0.15, 0.2) is 53.7 Å². The second-order valence-electron chi connectivity index (χ2n) is 9.93. The fraction of sp³-hybridized carbons (Fsp3) is 0.370. The van der Waals surface area contributed by atoms with Crippen LogP contribution in [-0.4, -0.2) is 52.0 Å². The van der Waals surface area contributed by atoms with Crippen LogP contribution in [0, 0.1) is 5.92 Å². The lowest BCUT2D eigenvalue weighted by Crippen LogP contribution is -2.51. The normalized spacial score (nSPS) is 15.9. The van der Waals surface area contributed by atoms with Crippen molar-refractivity contribution < 1.29 is 19.2 Å². The molecule has 0 radical (unpaired) electrons. The topological polar surface area (TPSA) is 108 Å². The highest BCUT2D eigenvalue weighted by atomic mass is 32.2. The van der Waals surface area contributed by atoms with Crippen molar-refractivity contribution in [2.45, 2.75) is 46.1 Å². The molecule has 4 amide bonds. The highest BCUT2D eigenvalue weighted by Crippen LogP contribution is 2.31. The number of rotatable bonds is 8. The molecule has 1 aromatic heterocycles. The number of hydrogen-bond donors (Lipinski definition) is 2. The van der Waals surface area contributed by atoms with Crippen LogP contribution in [-0.2, 0) is 15.0 Å². The average Bonchev–Trinajstić information content (AvgIpc) is 3.09. The quantitative estimate of drug-likeness (QED) is 0.522. The van der Waals surface area contributed by atoms with Gasteiger partial charge in [0.2, 0.25) is 5.91 Å². The van der Waals surface area contributed by atoms with Gasteiger partial charge in [0.15, 0.2) is 0 Å². The van der Waals surface area contributed by atoms with E-state index in [1.165, 1.54) is 0 Å². The summed E-state index contributed by atoms with van der Waals surface area (Å²) in [5, 5.41) is 5.16. The van der Waals surface area contributed by atoms with Crippen molar-refractivity contribution in [3.05, 3.63) is 70.4 Å². The summed E-state index contributed by atoms with van der Waals surface area (Å²) in [5.41, 5.74) is 2.28. The molecule has 1 aliphatic heterocycles.